The maximum absolute atomic E-state index is 12.0. The molecule has 0 atom stereocenters. The lowest BCUT2D eigenvalue weighted by Gasteiger charge is -2.05. The van der Waals surface area contributed by atoms with Crippen molar-refractivity contribution in [1.29, 1.82) is 0 Å². The van der Waals surface area contributed by atoms with Crippen LogP contribution in [0.1, 0.15) is 15.4 Å². The molecule has 1 amide bonds. The van der Waals surface area contributed by atoms with Gasteiger partial charge in [0, 0.05) is 16.8 Å². The smallest absolute Gasteiger partial charge is 0.269 e. The Morgan fingerprint density at radius 2 is 2.00 bits per heavy atom. The molecule has 100 valence electrons. The van der Waals surface area contributed by atoms with Crippen LogP contribution in [-0.2, 0) is 6.42 Å². The van der Waals surface area contributed by atoms with E-state index in [1.54, 1.807) is 17.4 Å². The van der Waals surface area contributed by atoms with Crippen LogP contribution >= 0.6 is 11.3 Å². The Balaban J connectivity index is 1.66. The lowest BCUT2D eigenvalue weighted by atomic mass is 10.2. The van der Waals surface area contributed by atoms with Crippen LogP contribution in [-0.4, -0.2) is 17.4 Å². The summed E-state index contributed by atoms with van der Waals surface area (Å²) in [6.07, 6.45) is 0.858. The molecule has 0 unspecified atom stereocenters. The molecule has 2 aromatic heterocycles. The Hall–Kier alpha value is -2.20. The van der Waals surface area contributed by atoms with Gasteiger partial charge in [0.15, 0.2) is 0 Å². The monoisotopic (exact) mass is 282 g/mol. The molecule has 3 nitrogen and oxygen atoms in total. The van der Waals surface area contributed by atoms with Crippen molar-refractivity contribution in [2.45, 2.75) is 6.42 Å². The summed E-state index contributed by atoms with van der Waals surface area (Å²) < 4.78 is 0. The number of carbonyl (C=O) groups is 1. The van der Waals surface area contributed by atoms with Gasteiger partial charge in [-0.15, -0.1) is 11.3 Å². The predicted molar refractivity (Wildman–Crippen MR) is 82.1 cm³/mol. The van der Waals surface area contributed by atoms with Crippen molar-refractivity contribution < 1.29 is 4.79 Å². The molecule has 0 aliphatic heterocycles. The minimum absolute atomic E-state index is 0.118. The second-order valence-corrected chi connectivity index (χ2v) is 5.51. The molecular weight excluding hydrogens is 268 g/mol. The standard InChI is InChI=1S/C16H14N2OS/c19-16(17-10-9-13-5-3-11-20-13)15-8-7-12-4-1-2-6-14(12)18-15/h1-8,11H,9-10H2,(H,17,19). The fourth-order valence-corrected chi connectivity index (χ4v) is 2.75. The van der Waals surface area contributed by atoms with E-state index < -0.39 is 0 Å². The molecule has 4 heteroatoms. The van der Waals surface area contributed by atoms with Crippen molar-refractivity contribution in [3.63, 3.8) is 0 Å². The van der Waals surface area contributed by atoms with Gasteiger partial charge in [-0.05, 0) is 30.0 Å². The van der Waals surface area contributed by atoms with Crippen LogP contribution < -0.4 is 5.32 Å². The van der Waals surface area contributed by atoms with E-state index in [4.69, 9.17) is 0 Å². The quantitative estimate of drug-likeness (QED) is 0.798. The van der Waals surface area contributed by atoms with E-state index in [0.717, 1.165) is 17.3 Å². The number of pyridine rings is 1. The van der Waals surface area contributed by atoms with Crippen LogP contribution in [0.2, 0.25) is 0 Å². The molecule has 1 N–H and O–H groups in total. The molecule has 0 aliphatic rings. The molecule has 2 heterocycles. The Morgan fingerprint density at radius 3 is 2.85 bits per heavy atom. The molecule has 0 radical (unpaired) electrons. The third-order valence-electron chi connectivity index (χ3n) is 3.07. The van der Waals surface area contributed by atoms with Gasteiger partial charge >= 0.3 is 0 Å². The van der Waals surface area contributed by atoms with Gasteiger partial charge in [0.25, 0.3) is 5.91 Å². The van der Waals surface area contributed by atoms with Crippen LogP contribution in [0.3, 0.4) is 0 Å². The molecule has 0 spiro atoms. The highest BCUT2D eigenvalue weighted by atomic mass is 32.1. The summed E-state index contributed by atoms with van der Waals surface area (Å²) in [5, 5.41) is 5.99. The van der Waals surface area contributed by atoms with Crippen molar-refractivity contribution in [1.82, 2.24) is 10.3 Å². The second kappa shape index (κ2) is 5.84. The first-order valence-corrected chi connectivity index (χ1v) is 7.37. The van der Waals surface area contributed by atoms with Gasteiger partial charge < -0.3 is 5.32 Å². The molecular formula is C16H14N2OS. The zero-order valence-electron chi connectivity index (χ0n) is 10.9. The number of amides is 1. The molecule has 20 heavy (non-hydrogen) atoms. The van der Waals surface area contributed by atoms with E-state index in [9.17, 15) is 4.79 Å². The number of carbonyl (C=O) groups excluding carboxylic acids is 1. The summed E-state index contributed by atoms with van der Waals surface area (Å²) in [5.41, 5.74) is 1.31. The van der Waals surface area contributed by atoms with Crippen LogP contribution in [0, 0.1) is 0 Å². The Labute approximate surface area is 121 Å². The average Bonchev–Trinajstić information content (AvgIpc) is 3.00. The van der Waals surface area contributed by atoms with Crippen molar-refractivity contribution in [3.8, 4) is 0 Å². The number of rotatable bonds is 4. The number of hydrogen-bond acceptors (Lipinski definition) is 3. The van der Waals surface area contributed by atoms with Gasteiger partial charge in [0.1, 0.15) is 5.69 Å². The molecule has 0 fully saturated rings. The number of para-hydroxylation sites is 1. The van der Waals surface area contributed by atoms with Crippen LogP contribution in [0.5, 0.6) is 0 Å². The maximum atomic E-state index is 12.0. The van der Waals surface area contributed by atoms with Crippen molar-refractivity contribution in [2.24, 2.45) is 0 Å². The first-order valence-electron chi connectivity index (χ1n) is 6.49. The molecule has 3 aromatic rings. The van der Waals surface area contributed by atoms with Crippen molar-refractivity contribution in [3.05, 3.63) is 64.5 Å². The number of hydrogen-bond donors (Lipinski definition) is 1. The lowest BCUT2D eigenvalue weighted by molar-refractivity contribution is 0.0949. The van der Waals surface area contributed by atoms with Gasteiger partial charge in [-0.2, -0.15) is 0 Å². The highest BCUT2D eigenvalue weighted by Crippen LogP contribution is 2.12. The first-order chi connectivity index (χ1) is 9.83. The molecule has 3 rings (SSSR count). The largest absolute Gasteiger partial charge is 0.350 e. The van der Waals surface area contributed by atoms with Crippen molar-refractivity contribution in [2.75, 3.05) is 6.54 Å². The molecule has 0 saturated heterocycles. The molecule has 1 aromatic carbocycles. The fourth-order valence-electron chi connectivity index (χ4n) is 2.04. The highest BCUT2D eigenvalue weighted by molar-refractivity contribution is 7.09. The van der Waals surface area contributed by atoms with Crippen LogP contribution in [0.4, 0.5) is 0 Å². The summed E-state index contributed by atoms with van der Waals surface area (Å²) in [4.78, 5) is 17.7. The third-order valence-corrected chi connectivity index (χ3v) is 4.00. The Kier molecular flexibility index (Phi) is 3.74. The van der Waals surface area contributed by atoms with Gasteiger partial charge in [0.2, 0.25) is 0 Å². The lowest BCUT2D eigenvalue weighted by Crippen LogP contribution is -2.26. The number of fused-ring (bicyclic) bond motifs is 1. The summed E-state index contributed by atoms with van der Waals surface area (Å²) in [6.45, 7) is 0.633. The van der Waals surface area contributed by atoms with Gasteiger partial charge in [-0.3, -0.25) is 4.79 Å². The Bertz CT molecular complexity index is 722. The maximum Gasteiger partial charge on any atom is 0.269 e. The average molecular weight is 282 g/mol. The highest BCUT2D eigenvalue weighted by Gasteiger charge is 2.07. The van der Waals surface area contributed by atoms with Crippen LogP contribution in [0.25, 0.3) is 10.9 Å². The predicted octanol–water partition coefficient (Wildman–Crippen LogP) is 3.27. The molecule has 0 saturated carbocycles. The SMILES string of the molecule is O=C(NCCc1cccs1)c1ccc2ccccc2n1. The minimum Gasteiger partial charge on any atom is -0.350 e. The number of benzene rings is 1. The topological polar surface area (TPSA) is 42.0 Å². The van der Waals surface area contributed by atoms with E-state index in [1.165, 1.54) is 4.88 Å². The van der Waals surface area contributed by atoms with Gasteiger partial charge in [0.05, 0.1) is 5.52 Å². The zero-order chi connectivity index (χ0) is 13.8. The van der Waals surface area contributed by atoms with E-state index >= 15 is 0 Å². The van der Waals surface area contributed by atoms with E-state index in [0.29, 0.717) is 12.2 Å². The normalized spacial score (nSPS) is 10.6. The number of aromatic nitrogens is 1. The summed E-state index contributed by atoms with van der Waals surface area (Å²) in [6, 6.07) is 15.6. The Morgan fingerprint density at radius 1 is 1.10 bits per heavy atom. The van der Waals surface area contributed by atoms with Gasteiger partial charge in [-0.1, -0.05) is 30.3 Å². The number of nitrogens with zero attached hydrogens (tertiary/aromatic N) is 1. The molecule has 0 aliphatic carbocycles. The number of thiophene rings is 1. The fraction of sp³-hybridized carbons (Fsp3) is 0.125. The summed E-state index contributed by atoms with van der Waals surface area (Å²) in [7, 11) is 0. The summed E-state index contributed by atoms with van der Waals surface area (Å²) >= 11 is 1.71. The third kappa shape index (κ3) is 2.86. The second-order valence-electron chi connectivity index (χ2n) is 4.47. The van der Waals surface area contributed by atoms with Crippen molar-refractivity contribution >= 4 is 28.1 Å². The summed E-state index contributed by atoms with van der Waals surface area (Å²) in [5.74, 6) is -0.118. The van der Waals surface area contributed by atoms with E-state index in [1.807, 2.05) is 41.8 Å². The first kappa shape index (κ1) is 12.8. The molecule has 0 bridgehead atoms. The van der Waals surface area contributed by atoms with E-state index in [2.05, 4.69) is 16.4 Å². The van der Waals surface area contributed by atoms with Gasteiger partial charge in [-0.25, -0.2) is 4.98 Å². The zero-order valence-corrected chi connectivity index (χ0v) is 11.7. The minimum atomic E-state index is -0.118. The van der Waals surface area contributed by atoms with E-state index in [-0.39, 0.29) is 5.91 Å². The number of nitrogens with one attached hydrogen (secondary N) is 1. The van der Waals surface area contributed by atoms with Crippen LogP contribution in [0.15, 0.2) is 53.9 Å².